The third-order valence-corrected chi connectivity index (χ3v) is 3.39. The van der Waals surface area contributed by atoms with Gasteiger partial charge >= 0.3 is 0 Å². The number of carbonyl (C=O) groups is 1. The number of piperazine rings is 1. The number of hydrogen-bond acceptors (Lipinski definition) is 3. The van der Waals surface area contributed by atoms with Gasteiger partial charge in [-0.05, 0) is 18.1 Å². The van der Waals surface area contributed by atoms with Crippen molar-refractivity contribution in [2.45, 2.75) is 19.8 Å². The molecule has 1 aromatic carbocycles. The van der Waals surface area contributed by atoms with Crippen LogP contribution >= 0.6 is 0 Å². The van der Waals surface area contributed by atoms with Gasteiger partial charge in [0.05, 0.1) is 6.54 Å². The summed E-state index contributed by atoms with van der Waals surface area (Å²) in [7, 11) is 0. The second-order valence-electron chi connectivity index (χ2n) is 4.98. The highest BCUT2D eigenvalue weighted by molar-refractivity contribution is 5.93. The maximum atomic E-state index is 12.1. The highest BCUT2D eigenvalue weighted by Gasteiger charge is 2.14. The smallest absolute Gasteiger partial charge is 0.238 e. The Morgan fingerprint density at radius 1 is 1.32 bits per heavy atom. The van der Waals surface area contributed by atoms with Crippen LogP contribution in [-0.2, 0) is 11.2 Å². The van der Waals surface area contributed by atoms with Gasteiger partial charge in [0, 0.05) is 31.9 Å². The SMILES string of the molecule is CCCc1ccccc1NC(=O)CN1CCNCC1. The number of para-hydroxylation sites is 1. The molecule has 0 saturated carbocycles. The molecule has 19 heavy (non-hydrogen) atoms. The van der Waals surface area contributed by atoms with Crippen molar-refractivity contribution in [3.8, 4) is 0 Å². The van der Waals surface area contributed by atoms with Crippen LogP contribution in [0.5, 0.6) is 0 Å². The Bertz CT molecular complexity index is 414. The number of benzene rings is 1. The molecule has 1 fully saturated rings. The third-order valence-electron chi connectivity index (χ3n) is 3.39. The maximum Gasteiger partial charge on any atom is 0.238 e. The molecule has 1 heterocycles. The van der Waals surface area contributed by atoms with Gasteiger partial charge in [0.25, 0.3) is 0 Å². The zero-order chi connectivity index (χ0) is 13.5. The maximum absolute atomic E-state index is 12.1. The van der Waals surface area contributed by atoms with Crippen molar-refractivity contribution in [3.05, 3.63) is 29.8 Å². The van der Waals surface area contributed by atoms with E-state index in [1.165, 1.54) is 5.56 Å². The molecule has 2 rings (SSSR count). The number of aryl methyl sites for hydroxylation is 1. The van der Waals surface area contributed by atoms with Crippen LogP contribution < -0.4 is 10.6 Å². The summed E-state index contributed by atoms with van der Waals surface area (Å²) in [6.45, 7) is 6.48. The normalized spacial score (nSPS) is 16.3. The van der Waals surface area contributed by atoms with Crippen LogP contribution in [0, 0.1) is 0 Å². The second kappa shape index (κ2) is 7.26. The lowest BCUT2D eigenvalue weighted by Crippen LogP contribution is -2.46. The Labute approximate surface area is 115 Å². The fraction of sp³-hybridized carbons (Fsp3) is 0.533. The van der Waals surface area contributed by atoms with E-state index in [2.05, 4.69) is 28.5 Å². The first kappa shape index (κ1) is 14.0. The predicted molar refractivity (Wildman–Crippen MR) is 78.4 cm³/mol. The van der Waals surface area contributed by atoms with E-state index in [0.29, 0.717) is 6.54 Å². The molecule has 0 radical (unpaired) electrons. The van der Waals surface area contributed by atoms with Crippen LogP contribution in [0.15, 0.2) is 24.3 Å². The quantitative estimate of drug-likeness (QED) is 0.844. The van der Waals surface area contributed by atoms with E-state index in [0.717, 1.165) is 44.7 Å². The minimum Gasteiger partial charge on any atom is -0.325 e. The van der Waals surface area contributed by atoms with Gasteiger partial charge in [0.15, 0.2) is 0 Å². The number of anilines is 1. The summed E-state index contributed by atoms with van der Waals surface area (Å²) in [5.41, 5.74) is 2.18. The first-order valence-electron chi connectivity index (χ1n) is 7.10. The van der Waals surface area contributed by atoms with Crippen molar-refractivity contribution in [3.63, 3.8) is 0 Å². The molecule has 0 aliphatic carbocycles. The molecule has 0 atom stereocenters. The Hall–Kier alpha value is -1.39. The molecular weight excluding hydrogens is 238 g/mol. The largest absolute Gasteiger partial charge is 0.325 e. The Kier molecular flexibility index (Phi) is 5.36. The average molecular weight is 261 g/mol. The average Bonchev–Trinajstić information content (AvgIpc) is 2.42. The predicted octanol–water partition coefficient (Wildman–Crippen LogP) is 1.48. The minimum absolute atomic E-state index is 0.0884. The summed E-state index contributed by atoms with van der Waals surface area (Å²) in [5.74, 6) is 0.0884. The summed E-state index contributed by atoms with van der Waals surface area (Å²) in [6.07, 6.45) is 2.09. The van der Waals surface area contributed by atoms with E-state index in [1.54, 1.807) is 0 Å². The van der Waals surface area contributed by atoms with E-state index in [4.69, 9.17) is 0 Å². The molecule has 0 spiro atoms. The van der Waals surface area contributed by atoms with Gasteiger partial charge in [-0.3, -0.25) is 9.69 Å². The molecule has 1 amide bonds. The lowest BCUT2D eigenvalue weighted by molar-refractivity contribution is -0.117. The number of rotatable bonds is 5. The van der Waals surface area contributed by atoms with Gasteiger partial charge < -0.3 is 10.6 Å². The lowest BCUT2D eigenvalue weighted by atomic mass is 10.1. The van der Waals surface area contributed by atoms with Gasteiger partial charge in [-0.25, -0.2) is 0 Å². The molecule has 0 unspecified atom stereocenters. The molecule has 1 aliphatic rings. The zero-order valence-electron chi connectivity index (χ0n) is 11.6. The van der Waals surface area contributed by atoms with Crippen molar-refractivity contribution >= 4 is 11.6 Å². The summed E-state index contributed by atoms with van der Waals surface area (Å²) in [5, 5.41) is 6.33. The van der Waals surface area contributed by atoms with Gasteiger partial charge in [0.2, 0.25) is 5.91 Å². The molecule has 2 N–H and O–H groups in total. The van der Waals surface area contributed by atoms with Gasteiger partial charge in [0.1, 0.15) is 0 Å². The summed E-state index contributed by atoms with van der Waals surface area (Å²) in [6, 6.07) is 8.07. The van der Waals surface area contributed by atoms with Crippen molar-refractivity contribution < 1.29 is 4.79 Å². The Morgan fingerprint density at radius 2 is 2.05 bits per heavy atom. The zero-order valence-corrected chi connectivity index (χ0v) is 11.6. The highest BCUT2D eigenvalue weighted by Crippen LogP contribution is 2.16. The van der Waals surface area contributed by atoms with Crippen LogP contribution in [0.4, 0.5) is 5.69 Å². The molecule has 0 bridgehead atoms. The standard InChI is InChI=1S/C15H23N3O/c1-2-5-13-6-3-4-7-14(13)17-15(19)12-18-10-8-16-9-11-18/h3-4,6-7,16H,2,5,8-12H2,1H3,(H,17,19). The number of nitrogens with zero attached hydrogens (tertiary/aromatic N) is 1. The van der Waals surface area contributed by atoms with Crippen molar-refractivity contribution in [1.29, 1.82) is 0 Å². The van der Waals surface area contributed by atoms with Crippen LogP contribution in [0.1, 0.15) is 18.9 Å². The van der Waals surface area contributed by atoms with Crippen LogP contribution in [0.3, 0.4) is 0 Å². The number of nitrogens with one attached hydrogen (secondary N) is 2. The van der Waals surface area contributed by atoms with E-state index in [-0.39, 0.29) is 5.91 Å². The molecule has 1 aromatic rings. The molecular formula is C15H23N3O. The number of amides is 1. The topological polar surface area (TPSA) is 44.4 Å². The van der Waals surface area contributed by atoms with E-state index in [9.17, 15) is 4.79 Å². The van der Waals surface area contributed by atoms with Crippen molar-refractivity contribution in [2.24, 2.45) is 0 Å². The Balaban J connectivity index is 1.90. The van der Waals surface area contributed by atoms with E-state index < -0.39 is 0 Å². The fourth-order valence-corrected chi connectivity index (χ4v) is 2.39. The molecule has 4 heteroatoms. The van der Waals surface area contributed by atoms with Crippen molar-refractivity contribution in [2.75, 3.05) is 38.0 Å². The van der Waals surface area contributed by atoms with Crippen LogP contribution in [0.25, 0.3) is 0 Å². The first-order valence-corrected chi connectivity index (χ1v) is 7.10. The lowest BCUT2D eigenvalue weighted by Gasteiger charge is -2.26. The van der Waals surface area contributed by atoms with Crippen LogP contribution in [-0.4, -0.2) is 43.5 Å². The van der Waals surface area contributed by atoms with Crippen molar-refractivity contribution in [1.82, 2.24) is 10.2 Å². The Morgan fingerprint density at radius 3 is 2.79 bits per heavy atom. The molecule has 4 nitrogen and oxygen atoms in total. The number of hydrogen-bond donors (Lipinski definition) is 2. The molecule has 1 saturated heterocycles. The fourth-order valence-electron chi connectivity index (χ4n) is 2.39. The van der Waals surface area contributed by atoms with Crippen LogP contribution in [0.2, 0.25) is 0 Å². The molecule has 1 aliphatic heterocycles. The number of carbonyl (C=O) groups excluding carboxylic acids is 1. The molecule has 104 valence electrons. The van der Waals surface area contributed by atoms with Gasteiger partial charge in [-0.2, -0.15) is 0 Å². The van der Waals surface area contributed by atoms with Gasteiger partial charge in [-0.15, -0.1) is 0 Å². The molecule has 0 aromatic heterocycles. The summed E-state index contributed by atoms with van der Waals surface area (Å²) >= 11 is 0. The van der Waals surface area contributed by atoms with Gasteiger partial charge in [-0.1, -0.05) is 31.5 Å². The summed E-state index contributed by atoms with van der Waals surface area (Å²) in [4.78, 5) is 14.3. The summed E-state index contributed by atoms with van der Waals surface area (Å²) < 4.78 is 0. The second-order valence-corrected chi connectivity index (χ2v) is 4.98. The van der Waals surface area contributed by atoms with E-state index >= 15 is 0 Å². The third kappa shape index (κ3) is 4.33. The minimum atomic E-state index is 0.0884. The monoisotopic (exact) mass is 261 g/mol. The van der Waals surface area contributed by atoms with E-state index in [1.807, 2.05) is 18.2 Å². The highest BCUT2D eigenvalue weighted by atomic mass is 16.2. The first-order chi connectivity index (χ1) is 9.29.